The molecule has 2 rings (SSSR count). The van der Waals surface area contributed by atoms with Gasteiger partial charge in [-0.1, -0.05) is 33.3 Å². The van der Waals surface area contributed by atoms with Gasteiger partial charge in [0.2, 0.25) is 5.91 Å². The number of carbonyl (C=O) groups is 2. The van der Waals surface area contributed by atoms with Gasteiger partial charge in [-0.2, -0.15) is 13.2 Å². The van der Waals surface area contributed by atoms with Gasteiger partial charge in [0, 0.05) is 23.8 Å². The van der Waals surface area contributed by atoms with Crippen LogP contribution in [-0.2, 0) is 15.8 Å². The fourth-order valence-electron chi connectivity index (χ4n) is 2.20. The molecule has 0 bridgehead atoms. The highest BCUT2D eigenvalue weighted by Crippen LogP contribution is 3.02. The zero-order chi connectivity index (χ0) is 24.8. The number of halogens is 8. The van der Waals surface area contributed by atoms with Gasteiger partial charge < -0.3 is 0 Å². The molecule has 0 unspecified atom stereocenters. The molecule has 178 valence electrons. The number of carbonyl (C=O) groups excluding carboxylic acids is 2. The predicted octanol–water partition coefficient (Wildman–Crippen LogP) is 4.98. The molecule has 0 aliphatic rings. The highest BCUT2D eigenvalue weighted by atomic mass is 32.5. The fourth-order valence-corrected chi connectivity index (χ4v) is 2.90. The number of aromatic nitrogens is 3. The van der Waals surface area contributed by atoms with E-state index in [2.05, 4.69) is 10.1 Å². The van der Waals surface area contributed by atoms with Crippen molar-refractivity contribution in [2.45, 2.75) is 24.9 Å². The lowest BCUT2D eigenvalue weighted by Gasteiger charge is -2.40. The van der Waals surface area contributed by atoms with E-state index in [-0.39, 0.29) is 17.1 Å². The van der Waals surface area contributed by atoms with Crippen LogP contribution in [0.25, 0.3) is 17.6 Å². The number of rotatable bonds is 5. The van der Waals surface area contributed by atoms with Gasteiger partial charge in [0.1, 0.15) is 11.2 Å². The number of amides is 2. The average molecular weight is 493 g/mol. The number of imide groups is 1. The van der Waals surface area contributed by atoms with E-state index in [4.69, 9.17) is 5.84 Å². The molecule has 2 N–H and O–H groups in total. The van der Waals surface area contributed by atoms with Crippen LogP contribution in [0.2, 0.25) is 0 Å². The molecule has 0 radical (unpaired) electrons. The standard InChI is InChI=1S/C16H15F8N5O2S/c1-9(2)15(31)29(25)13(30)3-4-28-8-26-14(27-28)10-5-11(16(17,18)19)7-12(6-10)32(20,21,22,23)24/h3-9H,25H2,1-2H3/b4-3-. The summed E-state index contributed by atoms with van der Waals surface area (Å²) in [4.78, 5) is 24.2. The summed E-state index contributed by atoms with van der Waals surface area (Å²) in [6.07, 6.45) is -3.00. The molecule has 32 heavy (non-hydrogen) atoms. The maximum atomic E-state index is 13.1. The van der Waals surface area contributed by atoms with Crippen molar-refractivity contribution in [1.82, 2.24) is 19.8 Å². The van der Waals surface area contributed by atoms with Crippen molar-refractivity contribution >= 4 is 28.2 Å². The Kier molecular flexibility index (Phi) is 5.73. The Morgan fingerprint density at radius 2 is 1.72 bits per heavy atom. The third-order valence-electron chi connectivity index (χ3n) is 3.78. The number of hydrogen-bond donors (Lipinski definition) is 1. The van der Waals surface area contributed by atoms with Crippen molar-refractivity contribution in [3.63, 3.8) is 0 Å². The second-order valence-corrected chi connectivity index (χ2v) is 9.19. The van der Waals surface area contributed by atoms with Crippen LogP contribution in [-0.4, -0.2) is 31.6 Å². The van der Waals surface area contributed by atoms with Crippen LogP contribution < -0.4 is 5.84 Å². The third kappa shape index (κ3) is 6.03. The van der Waals surface area contributed by atoms with Crippen LogP contribution in [0.3, 0.4) is 0 Å². The lowest BCUT2D eigenvalue weighted by Crippen LogP contribution is -2.43. The lowest BCUT2D eigenvalue weighted by molar-refractivity contribution is -0.144. The minimum atomic E-state index is -10.5. The maximum Gasteiger partial charge on any atom is 0.416 e. The molecule has 0 atom stereocenters. The van der Waals surface area contributed by atoms with Crippen LogP contribution in [0.15, 0.2) is 35.5 Å². The largest absolute Gasteiger partial charge is 0.416 e. The Labute approximate surface area is 175 Å². The Morgan fingerprint density at radius 3 is 2.22 bits per heavy atom. The monoisotopic (exact) mass is 493 g/mol. The lowest BCUT2D eigenvalue weighted by atomic mass is 10.1. The fraction of sp³-hybridized carbons (Fsp3) is 0.250. The molecule has 1 aromatic carbocycles. The van der Waals surface area contributed by atoms with Crippen LogP contribution in [0.1, 0.15) is 19.4 Å². The molecule has 2 aromatic rings. The van der Waals surface area contributed by atoms with Crippen LogP contribution in [0, 0.1) is 5.92 Å². The van der Waals surface area contributed by atoms with Crippen molar-refractivity contribution in [3.05, 3.63) is 36.2 Å². The molecule has 0 fully saturated rings. The van der Waals surface area contributed by atoms with E-state index in [9.17, 15) is 42.2 Å². The molecule has 0 saturated carbocycles. The normalized spacial score (nSPS) is 15.0. The van der Waals surface area contributed by atoms with Gasteiger partial charge in [0.05, 0.1) is 5.56 Å². The summed E-state index contributed by atoms with van der Waals surface area (Å²) >= 11 is 0. The van der Waals surface area contributed by atoms with Gasteiger partial charge in [-0.3, -0.25) is 9.59 Å². The molecular formula is C16H15F8N5O2S. The first-order valence-corrected chi connectivity index (χ1v) is 10.3. The molecule has 0 aliphatic heterocycles. The summed E-state index contributed by atoms with van der Waals surface area (Å²) in [7, 11) is -10.5. The molecule has 2 amide bonds. The third-order valence-corrected chi connectivity index (χ3v) is 4.91. The molecule has 0 aliphatic carbocycles. The van der Waals surface area contributed by atoms with Crippen LogP contribution in [0.5, 0.6) is 0 Å². The van der Waals surface area contributed by atoms with Crippen molar-refractivity contribution in [2.24, 2.45) is 11.8 Å². The molecule has 0 saturated heterocycles. The number of nitrogens with zero attached hydrogens (tertiary/aromatic N) is 4. The molecule has 7 nitrogen and oxygen atoms in total. The Balaban J connectivity index is 2.45. The molecule has 0 spiro atoms. The van der Waals surface area contributed by atoms with Gasteiger partial charge in [-0.25, -0.2) is 20.5 Å². The van der Waals surface area contributed by atoms with Gasteiger partial charge in [0.15, 0.2) is 5.82 Å². The van der Waals surface area contributed by atoms with Crippen molar-refractivity contribution in [3.8, 4) is 11.4 Å². The number of hydrazine groups is 1. The average Bonchev–Trinajstić information content (AvgIpc) is 3.11. The smallest absolute Gasteiger partial charge is 0.273 e. The zero-order valence-corrected chi connectivity index (χ0v) is 17.0. The second-order valence-electron chi connectivity index (χ2n) is 6.78. The van der Waals surface area contributed by atoms with Crippen molar-refractivity contribution < 1.29 is 42.2 Å². The van der Waals surface area contributed by atoms with Crippen molar-refractivity contribution in [1.29, 1.82) is 0 Å². The molecular weight excluding hydrogens is 478 g/mol. The Bertz CT molecular complexity index is 1090. The topological polar surface area (TPSA) is 94.1 Å². The van der Waals surface area contributed by atoms with E-state index in [1.165, 1.54) is 13.8 Å². The van der Waals surface area contributed by atoms with Crippen LogP contribution >= 0.6 is 10.2 Å². The van der Waals surface area contributed by atoms with E-state index in [0.29, 0.717) is 4.68 Å². The first-order chi connectivity index (χ1) is 14.2. The predicted molar refractivity (Wildman–Crippen MR) is 98.1 cm³/mol. The van der Waals surface area contributed by atoms with Gasteiger partial charge in [-0.15, -0.1) is 5.10 Å². The highest BCUT2D eigenvalue weighted by molar-refractivity contribution is 8.45. The molecule has 1 aromatic heterocycles. The quantitative estimate of drug-likeness (QED) is 0.209. The summed E-state index contributed by atoms with van der Waals surface area (Å²) in [5.74, 6) is 2.20. The number of alkyl halides is 3. The first-order valence-electron chi connectivity index (χ1n) is 8.38. The SMILES string of the molecule is CC(C)C(=O)N(N)C(=O)/C=C\n1cnc(-c2cc(C(F)(F)F)cc(S(F)(F)(F)(F)F)c2)n1. The van der Waals surface area contributed by atoms with Gasteiger partial charge >= 0.3 is 16.4 Å². The summed E-state index contributed by atoms with van der Waals surface area (Å²) in [5.41, 5.74) is -2.97. The van der Waals surface area contributed by atoms with Crippen molar-refractivity contribution in [2.75, 3.05) is 0 Å². The van der Waals surface area contributed by atoms with Gasteiger partial charge in [-0.05, 0) is 18.2 Å². The molecule has 16 heteroatoms. The summed E-state index contributed by atoms with van der Waals surface area (Å²) in [5, 5.41) is 3.82. The van der Waals surface area contributed by atoms with E-state index in [1.54, 1.807) is 0 Å². The number of hydrogen-bond acceptors (Lipinski definition) is 5. The minimum Gasteiger partial charge on any atom is -0.273 e. The highest BCUT2D eigenvalue weighted by Gasteiger charge is 2.66. The summed E-state index contributed by atoms with van der Waals surface area (Å²) < 4.78 is 105. The summed E-state index contributed by atoms with van der Waals surface area (Å²) in [6, 6.07) is -0.721. The van der Waals surface area contributed by atoms with E-state index >= 15 is 0 Å². The number of benzene rings is 1. The second kappa shape index (κ2) is 7.26. The Hall–Kier alpha value is -3.01. The van der Waals surface area contributed by atoms with Crippen LogP contribution in [0.4, 0.5) is 32.6 Å². The first kappa shape index (κ1) is 25.3. The summed E-state index contributed by atoms with van der Waals surface area (Å²) in [6.45, 7) is 2.94. The minimum absolute atomic E-state index is 0.171. The van der Waals surface area contributed by atoms with E-state index in [1.807, 2.05) is 0 Å². The molecule has 1 heterocycles. The number of nitrogens with two attached hydrogens (primary N) is 1. The van der Waals surface area contributed by atoms with Gasteiger partial charge in [0.25, 0.3) is 5.91 Å². The van der Waals surface area contributed by atoms with E-state index < -0.39 is 62.0 Å². The Morgan fingerprint density at radius 1 is 1.12 bits per heavy atom. The van der Waals surface area contributed by atoms with E-state index in [0.717, 1.165) is 18.6 Å². The zero-order valence-electron chi connectivity index (χ0n) is 16.2. The maximum absolute atomic E-state index is 13.1.